The lowest BCUT2D eigenvalue weighted by Crippen LogP contribution is -1.87. The minimum absolute atomic E-state index is 1.02. The van der Waals surface area contributed by atoms with E-state index in [0.29, 0.717) is 0 Å². The number of nitrogens with zero attached hydrogens (tertiary/aromatic N) is 1. The van der Waals surface area contributed by atoms with Crippen molar-refractivity contribution in [1.82, 2.24) is 4.98 Å². The summed E-state index contributed by atoms with van der Waals surface area (Å²) in [6.07, 6.45) is 1.84. The Kier molecular flexibility index (Phi) is 13.5. The number of aromatic nitrogens is 1. The minimum Gasteiger partial charge on any atom is -0.255 e. The molecule has 0 bridgehead atoms. The molecule has 0 fully saturated rings. The van der Waals surface area contributed by atoms with E-state index in [1.54, 1.807) is 0 Å². The highest BCUT2D eigenvalue weighted by Gasteiger charge is 2.00. The third-order valence-corrected chi connectivity index (χ3v) is 2.30. The van der Waals surface area contributed by atoms with E-state index in [-0.39, 0.29) is 0 Å². The van der Waals surface area contributed by atoms with Gasteiger partial charge in [-0.2, -0.15) is 0 Å². The molecule has 1 nitrogen and oxygen atoms in total. The number of fused-ring (bicyclic) bond motifs is 1. The lowest BCUT2D eigenvalue weighted by atomic mass is 10.1. The maximum absolute atomic E-state index is 4.36. The van der Waals surface area contributed by atoms with Crippen LogP contribution in [-0.2, 0) is 0 Å². The molecule has 2 aromatic rings. The maximum atomic E-state index is 4.36. The van der Waals surface area contributed by atoms with Crippen molar-refractivity contribution in [2.24, 2.45) is 0 Å². The predicted molar refractivity (Wildman–Crippen MR) is 93.0 cm³/mol. The normalized spacial score (nSPS) is 7.50. The summed E-state index contributed by atoms with van der Waals surface area (Å²) in [5.41, 5.74) is 3.27. The smallest absolute Gasteiger partial charge is 0.0705 e. The fourth-order valence-corrected chi connectivity index (χ4v) is 1.54. The first-order chi connectivity index (χ1) is 9.83. The van der Waals surface area contributed by atoms with E-state index in [9.17, 15) is 0 Å². The number of hydrogen-bond acceptors (Lipinski definition) is 1. The van der Waals surface area contributed by atoms with Crippen LogP contribution in [0, 0.1) is 18.8 Å². The predicted octanol–water partition coefficient (Wildman–Crippen LogP) is 5.77. The van der Waals surface area contributed by atoms with Gasteiger partial charge >= 0.3 is 0 Å². The standard InChI is InChI=1S/C13H11N.2C2H6.C2H4/c1-3-6-11-9-14-13-8-5-4-7-12(13)10(11)2;3*1-2/h4-5,7-9H,1-2H3;2*1-2H3;1-2H2. The molecule has 108 valence electrons. The van der Waals surface area contributed by atoms with Gasteiger partial charge < -0.3 is 0 Å². The average Bonchev–Trinajstić information content (AvgIpc) is 2.56. The third-order valence-electron chi connectivity index (χ3n) is 2.30. The van der Waals surface area contributed by atoms with Gasteiger partial charge in [-0.3, -0.25) is 4.98 Å². The molecule has 1 aromatic heterocycles. The van der Waals surface area contributed by atoms with Crippen LogP contribution in [0.3, 0.4) is 0 Å². The van der Waals surface area contributed by atoms with Crippen LogP contribution in [0.25, 0.3) is 10.9 Å². The molecule has 0 aliphatic rings. The average molecular weight is 269 g/mol. The first-order valence-corrected chi connectivity index (χ1v) is 7.10. The molecule has 0 amide bonds. The van der Waals surface area contributed by atoms with Gasteiger partial charge in [-0.1, -0.05) is 51.8 Å². The molecular weight excluding hydrogens is 242 g/mol. The number of pyridine rings is 1. The Hall–Kier alpha value is -2.07. The monoisotopic (exact) mass is 269 g/mol. The number of benzene rings is 1. The Labute approximate surface area is 124 Å². The third kappa shape index (κ3) is 5.71. The largest absolute Gasteiger partial charge is 0.255 e. The molecule has 0 aliphatic carbocycles. The topological polar surface area (TPSA) is 12.9 Å². The van der Waals surface area contributed by atoms with Crippen molar-refractivity contribution in [3.05, 3.63) is 54.7 Å². The highest BCUT2D eigenvalue weighted by atomic mass is 14.6. The van der Waals surface area contributed by atoms with Crippen LogP contribution < -0.4 is 0 Å². The van der Waals surface area contributed by atoms with Crippen LogP contribution in [0.4, 0.5) is 0 Å². The van der Waals surface area contributed by atoms with Crippen LogP contribution in [0.15, 0.2) is 43.6 Å². The maximum Gasteiger partial charge on any atom is 0.0705 e. The van der Waals surface area contributed by atoms with Gasteiger partial charge in [0, 0.05) is 17.1 Å². The van der Waals surface area contributed by atoms with Crippen molar-refractivity contribution in [3.63, 3.8) is 0 Å². The number of rotatable bonds is 0. The summed E-state index contributed by atoms with van der Waals surface area (Å²) >= 11 is 0. The molecule has 1 heterocycles. The van der Waals surface area contributed by atoms with E-state index >= 15 is 0 Å². The van der Waals surface area contributed by atoms with Crippen molar-refractivity contribution in [2.45, 2.75) is 41.5 Å². The molecule has 0 saturated carbocycles. The van der Waals surface area contributed by atoms with E-state index in [4.69, 9.17) is 0 Å². The summed E-state index contributed by atoms with van der Waals surface area (Å²) in [5, 5.41) is 1.19. The lowest BCUT2D eigenvalue weighted by Gasteiger charge is -2.02. The summed E-state index contributed by atoms with van der Waals surface area (Å²) < 4.78 is 0. The second-order valence-electron chi connectivity index (χ2n) is 3.19. The Morgan fingerprint density at radius 1 is 1.00 bits per heavy atom. The Morgan fingerprint density at radius 2 is 1.55 bits per heavy atom. The van der Waals surface area contributed by atoms with Gasteiger partial charge in [-0.25, -0.2) is 0 Å². The molecule has 1 aromatic carbocycles. The molecule has 20 heavy (non-hydrogen) atoms. The summed E-state index contributed by atoms with van der Waals surface area (Å²) in [6, 6.07) is 8.13. The number of hydrogen-bond donors (Lipinski definition) is 0. The molecule has 0 aliphatic heterocycles. The zero-order valence-electron chi connectivity index (χ0n) is 13.7. The van der Waals surface area contributed by atoms with Crippen molar-refractivity contribution in [1.29, 1.82) is 0 Å². The summed E-state index contributed by atoms with van der Waals surface area (Å²) in [5.74, 6) is 5.95. The Bertz CT molecular complexity index is 544. The summed E-state index contributed by atoms with van der Waals surface area (Å²) in [6.45, 7) is 17.9. The van der Waals surface area contributed by atoms with E-state index in [0.717, 1.165) is 11.1 Å². The van der Waals surface area contributed by atoms with E-state index < -0.39 is 0 Å². The minimum atomic E-state index is 1.02. The molecule has 0 radical (unpaired) electrons. The second-order valence-corrected chi connectivity index (χ2v) is 3.19. The number of para-hydroxylation sites is 1. The quantitative estimate of drug-likeness (QED) is 0.437. The van der Waals surface area contributed by atoms with Crippen LogP contribution in [0.1, 0.15) is 45.7 Å². The number of aryl methyl sites for hydroxylation is 1. The zero-order chi connectivity index (χ0) is 16.0. The molecule has 0 N–H and O–H groups in total. The van der Waals surface area contributed by atoms with Crippen molar-refractivity contribution >= 4 is 10.9 Å². The van der Waals surface area contributed by atoms with Gasteiger partial charge in [0.05, 0.1) is 5.52 Å². The highest BCUT2D eigenvalue weighted by molar-refractivity contribution is 5.83. The first-order valence-electron chi connectivity index (χ1n) is 7.10. The van der Waals surface area contributed by atoms with E-state index in [2.05, 4.69) is 43.0 Å². The van der Waals surface area contributed by atoms with E-state index in [1.807, 2.05) is 59.0 Å². The van der Waals surface area contributed by atoms with Crippen LogP contribution in [0.5, 0.6) is 0 Å². The summed E-state index contributed by atoms with van der Waals surface area (Å²) in [7, 11) is 0. The van der Waals surface area contributed by atoms with Crippen molar-refractivity contribution in [2.75, 3.05) is 0 Å². The van der Waals surface area contributed by atoms with E-state index in [1.165, 1.54) is 10.9 Å². The van der Waals surface area contributed by atoms with Gasteiger partial charge in [-0.05, 0) is 25.5 Å². The van der Waals surface area contributed by atoms with Gasteiger partial charge in [0.15, 0.2) is 0 Å². The lowest BCUT2D eigenvalue weighted by molar-refractivity contribution is 1.34. The summed E-state index contributed by atoms with van der Waals surface area (Å²) in [4.78, 5) is 4.36. The fraction of sp³-hybridized carbons (Fsp3) is 0.316. The van der Waals surface area contributed by atoms with Crippen LogP contribution in [-0.4, -0.2) is 4.98 Å². The fourth-order valence-electron chi connectivity index (χ4n) is 1.54. The second kappa shape index (κ2) is 13.4. The van der Waals surface area contributed by atoms with Crippen LogP contribution >= 0.6 is 0 Å². The molecule has 0 unspecified atom stereocenters. The molecule has 0 atom stereocenters. The Morgan fingerprint density at radius 3 is 2.10 bits per heavy atom. The molecule has 1 heteroatoms. The van der Waals surface area contributed by atoms with Crippen molar-refractivity contribution < 1.29 is 0 Å². The first kappa shape index (κ1) is 20.3. The molecule has 0 spiro atoms. The molecule has 2 rings (SSSR count). The van der Waals surface area contributed by atoms with Gasteiger partial charge in [0.2, 0.25) is 0 Å². The van der Waals surface area contributed by atoms with Gasteiger partial charge in [0.25, 0.3) is 0 Å². The highest BCUT2D eigenvalue weighted by Crippen LogP contribution is 2.18. The van der Waals surface area contributed by atoms with Crippen molar-refractivity contribution in [3.8, 4) is 11.8 Å². The zero-order valence-corrected chi connectivity index (χ0v) is 13.7. The van der Waals surface area contributed by atoms with Gasteiger partial charge in [0.1, 0.15) is 0 Å². The van der Waals surface area contributed by atoms with Gasteiger partial charge in [-0.15, -0.1) is 19.1 Å². The SMILES string of the molecule is C=C.CC.CC.CC#Cc1cnc2ccccc2c1C. The molecular formula is C19H27N. The Balaban J connectivity index is 0. The van der Waals surface area contributed by atoms with Crippen LogP contribution in [0.2, 0.25) is 0 Å². The molecule has 0 saturated heterocycles.